The molecule has 0 bridgehead atoms. The molecule has 0 spiro atoms. The van der Waals surface area contributed by atoms with Gasteiger partial charge in [-0.15, -0.1) is 12.4 Å². The highest BCUT2D eigenvalue weighted by Crippen LogP contribution is 2.32. The molecule has 5 heteroatoms. The van der Waals surface area contributed by atoms with E-state index in [4.69, 9.17) is 0 Å². The second-order valence-corrected chi connectivity index (χ2v) is 4.94. The average molecular weight is 309 g/mol. The number of nitrogens with zero attached hydrogens (tertiary/aromatic N) is 1. The van der Waals surface area contributed by atoms with Gasteiger partial charge < -0.3 is 10.4 Å². The number of halogens is 1. The van der Waals surface area contributed by atoms with E-state index in [1.165, 1.54) is 6.21 Å². The summed E-state index contributed by atoms with van der Waals surface area (Å²) in [5.41, 5.74) is 1.46. The fourth-order valence-electron chi connectivity index (χ4n) is 2.35. The monoisotopic (exact) mass is 308 g/mol. The Morgan fingerprint density at radius 3 is 2.67 bits per heavy atom. The van der Waals surface area contributed by atoms with Crippen molar-refractivity contribution in [2.24, 2.45) is 4.99 Å². The van der Waals surface area contributed by atoms with Crippen LogP contribution < -0.4 is 5.32 Å². The zero-order valence-electron chi connectivity index (χ0n) is 12.1. The second-order valence-electron chi connectivity index (χ2n) is 4.94. The van der Waals surface area contributed by atoms with E-state index in [1.807, 2.05) is 37.4 Å². The standard InChI is InChI=1S/C16H20N2O2.ClH/c1-17-7-8-18-11-14-15(19)9-13(10-16(14)20)12-5-3-2-4-6-12;/h2-6,11,13,17,19H,7-10H2,1H3;1H. The first-order valence-electron chi connectivity index (χ1n) is 6.87. The van der Waals surface area contributed by atoms with Crippen molar-refractivity contribution in [2.75, 3.05) is 20.1 Å². The van der Waals surface area contributed by atoms with E-state index in [1.54, 1.807) is 0 Å². The van der Waals surface area contributed by atoms with Gasteiger partial charge in [0.05, 0.1) is 12.1 Å². The van der Waals surface area contributed by atoms with E-state index in [0.29, 0.717) is 25.0 Å². The molecule has 0 saturated carbocycles. The van der Waals surface area contributed by atoms with E-state index >= 15 is 0 Å². The molecule has 1 aromatic carbocycles. The van der Waals surface area contributed by atoms with Crippen molar-refractivity contribution < 1.29 is 9.90 Å². The topological polar surface area (TPSA) is 61.7 Å². The third-order valence-electron chi connectivity index (χ3n) is 3.47. The first-order chi connectivity index (χ1) is 9.72. The summed E-state index contributed by atoms with van der Waals surface area (Å²) in [4.78, 5) is 16.3. The van der Waals surface area contributed by atoms with Crippen LogP contribution in [0.4, 0.5) is 0 Å². The number of hydrogen-bond acceptors (Lipinski definition) is 4. The number of aliphatic hydroxyl groups excluding tert-OH is 1. The van der Waals surface area contributed by atoms with E-state index in [9.17, 15) is 9.90 Å². The van der Waals surface area contributed by atoms with Crippen molar-refractivity contribution in [1.82, 2.24) is 5.32 Å². The Morgan fingerprint density at radius 2 is 2.05 bits per heavy atom. The maximum Gasteiger partial charge on any atom is 0.168 e. The third-order valence-corrected chi connectivity index (χ3v) is 3.47. The van der Waals surface area contributed by atoms with Crippen LogP contribution in [0.1, 0.15) is 24.3 Å². The molecule has 0 amide bonds. The number of Topliss-reactive ketones (excluding diaryl/α,β-unsaturated/α-hetero) is 1. The number of rotatable bonds is 5. The molecule has 21 heavy (non-hydrogen) atoms. The zero-order chi connectivity index (χ0) is 14.4. The Balaban J connectivity index is 0.00000220. The van der Waals surface area contributed by atoms with Gasteiger partial charge in [-0.3, -0.25) is 9.79 Å². The Bertz CT molecular complexity index is 526. The number of ketones is 1. The highest BCUT2D eigenvalue weighted by atomic mass is 35.5. The van der Waals surface area contributed by atoms with Gasteiger partial charge in [0.25, 0.3) is 0 Å². The van der Waals surface area contributed by atoms with Gasteiger partial charge >= 0.3 is 0 Å². The smallest absolute Gasteiger partial charge is 0.168 e. The molecule has 1 atom stereocenters. The molecular formula is C16H21ClN2O2. The van der Waals surface area contributed by atoms with Crippen molar-refractivity contribution in [3.63, 3.8) is 0 Å². The third kappa shape index (κ3) is 4.69. The van der Waals surface area contributed by atoms with Gasteiger partial charge in [0.15, 0.2) is 5.78 Å². The van der Waals surface area contributed by atoms with Crippen LogP contribution in [0.3, 0.4) is 0 Å². The van der Waals surface area contributed by atoms with E-state index in [-0.39, 0.29) is 29.9 Å². The summed E-state index contributed by atoms with van der Waals surface area (Å²) in [5, 5.41) is 13.1. The molecule has 1 aliphatic carbocycles. The van der Waals surface area contributed by atoms with Gasteiger partial charge in [-0.1, -0.05) is 30.3 Å². The molecule has 2 N–H and O–H groups in total. The quantitative estimate of drug-likeness (QED) is 0.649. The number of aliphatic imine (C=N–C) groups is 1. The van der Waals surface area contributed by atoms with E-state index in [2.05, 4.69) is 10.3 Å². The second kappa shape index (κ2) is 8.60. The zero-order valence-corrected chi connectivity index (χ0v) is 12.9. The summed E-state index contributed by atoms with van der Waals surface area (Å²) < 4.78 is 0. The number of carbonyl (C=O) groups excluding carboxylic acids is 1. The van der Waals surface area contributed by atoms with Crippen LogP contribution >= 0.6 is 12.4 Å². The van der Waals surface area contributed by atoms with Crippen LogP contribution in [0.15, 0.2) is 46.7 Å². The summed E-state index contributed by atoms with van der Waals surface area (Å²) in [6.07, 6.45) is 2.45. The lowest BCUT2D eigenvalue weighted by Crippen LogP contribution is -2.19. The summed E-state index contributed by atoms with van der Waals surface area (Å²) in [6.45, 7) is 1.36. The Kier molecular flexibility index (Phi) is 7.12. The molecular weight excluding hydrogens is 288 g/mol. The summed E-state index contributed by atoms with van der Waals surface area (Å²) in [6, 6.07) is 9.85. The summed E-state index contributed by atoms with van der Waals surface area (Å²) in [5.74, 6) is 0.192. The van der Waals surface area contributed by atoms with Crippen LogP contribution in [-0.2, 0) is 4.79 Å². The van der Waals surface area contributed by atoms with Crippen molar-refractivity contribution in [3.8, 4) is 0 Å². The predicted molar refractivity (Wildman–Crippen MR) is 87.6 cm³/mol. The predicted octanol–water partition coefficient (Wildman–Crippen LogP) is 2.66. The van der Waals surface area contributed by atoms with Gasteiger partial charge in [0.2, 0.25) is 0 Å². The number of nitrogens with one attached hydrogen (secondary N) is 1. The summed E-state index contributed by atoms with van der Waals surface area (Å²) >= 11 is 0. The van der Waals surface area contributed by atoms with Crippen LogP contribution in [0.25, 0.3) is 0 Å². The van der Waals surface area contributed by atoms with Crippen molar-refractivity contribution >= 4 is 24.4 Å². The highest BCUT2D eigenvalue weighted by molar-refractivity contribution is 6.14. The number of likely N-dealkylation sites (N-methyl/N-ethyl adjacent to an activating group) is 1. The number of aliphatic hydroxyl groups is 1. The summed E-state index contributed by atoms with van der Waals surface area (Å²) in [7, 11) is 1.85. The fourth-order valence-corrected chi connectivity index (χ4v) is 2.35. The lowest BCUT2D eigenvalue weighted by molar-refractivity contribution is -0.116. The number of carbonyl (C=O) groups is 1. The highest BCUT2D eigenvalue weighted by Gasteiger charge is 2.27. The molecule has 0 aliphatic heterocycles. The molecule has 0 aromatic heterocycles. The fraction of sp³-hybridized carbons (Fsp3) is 0.375. The number of benzene rings is 1. The van der Waals surface area contributed by atoms with Crippen molar-refractivity contribution in [3.05, 3.63) is 47.2 Å². The Hall–Kier alpha value is -1.65. The normalized spacial score (nSPS) is 18.9. The van der Waals surface area contributed by atoms with Crippen molar-refractivity contribution in [2.45, 2.75) is 18.8 Å². The lowest BCUT2D eigenvalue weighted by atomic mass is 9.83. The lowest BCUT2D eigenvalue weighted by Gasteiger charge is -2.22. The molecule has 0 fully saturated rings. The van der Waals surface area contributed by atoms with Crippen LogP contribution in [0, 0.1) is 0 Å². The van der Waals surface area contributed by atoms with Gasteiger partial charge in [-0.2, -0.15) is 0 Å². The molecule has 1 aliphatic rings. The molecule has 0 saturated heterocycles. The van der Waals surface area contributed by atoms with Crippen LogP contribution in [-0.4, -0.2) is 37.2 Å². The first kappa shape index (κ1) is 17.4. The minimum Gasteiger partial charge on any atom is -0.511 e. The van der Waals surface area contributed by atoms with E-state index < -0.39 is 0 Å². The molecule has 0 radical (unpaired) electrons. The van der Waals surface area contributed by atoms with Gasteiger partial charge in [-0.05, 0) is 18.5 Å². The maximum absolute atomic E-state index is 12.1. The number of hydrogen-bond donors (Lipinski definition) is 2. The Labute approximate surface area is 131 Å². The average Bonchev–Trinajstić information content (AvgIpc) is 2.46. The van der Waals surface area contributed by atoms with Crippen molar-refractivity contribution in [1.29, 1.82) is 0 Å². The largest absolute Gasteiger partial charge is 0.511 e. The first-order valence-corrected chi connectivity index (χ1v) is 6.87. The molecule has 1 unspecified atom stereocenters. The van der Waals surface area contributed by atoms with Gasteiger partial charge in [0, 0.05) is 25.6 Å². The number of allylic oxidation sites excluding steroid dienone is 2. The molecule has 1 aromatic rings. The molecule has 114 valence electrons. The van der Waals surface area contributed by atoms with E-state index in [0.717, 1.165) is 12.1 Å². The maximum atomic E-state index is 12.1. The van der Waals surface area contributed by atoms with Crippen LogP contribution in [0.2, 0.25) is 0 Å². The van der Waals surface area contributed by atoms with Gasteiger partial charge in [-0.25, -0.2) is 0 Å². The molecule has 2 rings (SSSR count). The SMILES string of the molecule is CNCCN=CC1=C(O)CC(c2ccccc2)CC1=O.Cl. The molecule has 4 nitrogen and oxygen atoms in total. The minimum absolute atomic E-state index is 0. The minimum atomic E-state index is -0.0317. The van der Waals surface area contributed by atoms with Gasteiger partial charge in [0.1, 0.15) is 5.76 Å². The van der Waals surface area contributed by atoms with Crippen LogP contribution in [0.5, 0.6) is 0 Å². The molecule has 0 heterocycles. The Morgan fingerprint density at radius 1 is 1.33 bits per heavy atom.